The molecule has 0 spiro atoms. The Labute approximate surface area is 98.8 Å². The summed E-state index contributed by atoms with van der Waals surface area (Å²) < 4.78 is 38.1. The normalized spacial score (nSPS) is 25.8. The maximum atomic E-state index is 12.7. The number of nitrogen functional groups attached to an aromatic ring is 1. The van der Waals surface area contributed by atoms with Crippen molar-refractivity contribution < 1.29 is 13.2 Å². The number of para-hydroxylation sites is 1. The molecule has 1 aromatic rings. The molecule has 4 heteroatoms. The fourth-order valence-electron chi connectivity index (χ4n) is 2.65. The van der Waals surface area contributed by atoms with Crippen LogP contribution >= 0.6 is 0 Å². The van der Waals surface area contributed by atoms with Crippen molar-refractivity contribution in [2.24, 2.45) is 5.92 Å². The molecule has 2 N–H and O–H groups in total. The van der Waals surface area contributed by atoms with Crippen molar-refractivity contribution >= 4 is 5.69 Å². The van der Waals surface area contributed by atoms with Gasteiger partial charge in [-0.2, -0.15) is 13.2 Å². The van der Waals surface area contributed by atoms with Gasteiger partial charge in [0, 0.05) is 5.69 Å². The molecule has 1 aliphatic carbocycles. The van der Waals surface area contributed by atoms with Crippen LogP contribution in [0.25, 0.3) is 0 Å². The van der Waals surface area contributed by atoms with E-state index in [0.717, 1.165) is 12.0 Å². The molecule has 1 nitrogen and oxygen atoms in total. The summed E-state index contributed by atoms with van der Waals surface area (Å²) in [6, 6.07) is 7.25. The van der Waals surface area contributed by atoms with Crippen molar-refractivity contribution in [3.63, 3.8) is 0 Å². The predicted molar refractivity (Wildman–Crippen MR) is 61.6 cm³/mol. The zero-order valence-corrected chi connectivity index (χ0v) is 9.50. The molecule has 17 heavy (non-hydrogen) atoms. The third kappa shape index (κ3) is 2.73. The van der Waals surface area contributed by atoms with E-state index in [0.29, 0.717) is 12.1 Å². The first kappa shape index (κ1) is 12.3. The van der Waals surface area contributed by atoms with Gasteiger partial charge in [-0.1, -0.05) is 24.6 Å². The summed E-state index contributed by atoms with van der Waals surface area (Å²) in [7, 11) is 0. The molecule has 2 unspecified atom stereocenters. The Balaban J connectivity index is 2.15. The van der Waals surface area contributed by atoms with Gasteiger partial charge in [0.2, 0.25) is 0 Å². The summed E-state index contributed by atoms with van der Waals surface area (Å²) >= 11 is 0. The fraction of sp³-hybridized carbons (Fsp3) is 0.538. The van der Waals surface area contributed by atoms with Gasteiger partial charge in [-0.3, -0.25) is 0 Å². The van der Waals surface area contributed by atoms with E-state index in [1.165, 1.54) is 0 Å². The van der Waals surface area contributed by atoms with Crippen molar-refractivity contribution in [1.82, 2.24) is 0 Å². The molecule has 0 saturated heterocycles. The van der Waals surface area contributed by atoms with Crippen LogP contribution in [0.1, 0.15) is 37.2 Å². The van der Waals surface area contributed by atoms with Gasteiger partial charge in [0.25, 0.3) is 0 Å². The molecule has 0 bridgehead atoms. The zero-order chi connectivity index (χ0) is 12.5. The predicted octanol–water partition coefficient (Wildman–Crippen LogP) is 4.10. The molecular formula is C13H16F3N. The lowest BCUT2D eigenvalue weighted by atomic mass is 9.77. The lowest BCUT2D eigenvalue weighted by Gasteiger charge is -2.31. The molecule has 1 aliphatic rings. The molecule has 0 radical (unpaired) electrons. The van der Waals surface area contributed by atoms with Crippen LogP contribution in [0.4, 0.5) is 18.9 Å². The molecular weight excluding hydrogens is 227 g/mol. The van der Waals surface area contributed by atoms with Crippen LogP contribution in [0.5, 0.6) is 0 Å². The quantitative estimate of drug-likeness (QED) is 0.738. The molecule has 94 valence electrons. The van der Waals surface area contributed by atoms with E-state index in [-0.39, 0.29) is 18.8 Å². The van der Waals surface area contributed by atoms with Crippen molar-refractivity contribution in [1.29, 1.82) is 0 Å². The van der Waals surface area contributed by atoms with Crippen LogP contribution in [0, 0.1) is 5.92 Å². The van der Waals surface area contributed by atoms with Crippen LogP contribution < -0.4 is 5.73 Å². The second kappa shape index (κ2) is 4.59. The Bertz CT molecular complexity index is 386. The highest BCUT2D eigenvalue weighted by Crippen LogP contribution is 2.44. The van der Waals surface area contributed by atoms with E-state index in [9.17, 15) is 13.2 Å². The number of nitrogens with two attached hydrogens (primary N) is 1. The van der Waals surface area contributed by atoms with Gasteiger partial charge in [0.15, 0.2) is 0 Å². The van der Waals surface area contributed by atoms with E-state index in [4.69, 9.17) is 5.73 Å². The fourth-order valence-corrected chi connectivity index (χ4v) is 2.65. The number of rotatable bonds is 1. The Hall–Kier alpha value is -1.19. The minimum absolute atomic E-state index is 0.0448. The second-order valence-electron chi connectivity index (χ2n) is 4.73. The monoisotopic (exact) mass is 243 g/mol. The van der Waals surface area contributed by atoms with Crippen LogP contribution in [0.2, 0.25) is 0 Å². The highest BCUT2D eigenvalue weighted by molar-refractivity contribution is 5.48. The maximum Gasteiger partial charge on any atom is 0.391 e. The third-order valence-electron chi connectivity index (χ3n) is 3.57. The molecule has 1 fully saturated rings. The third-order valence-corrected chi connectivity index (χ3v) is 3.57. The number of hydrogen-bond acceptors (Lipinski definition) is 1. The molecule has 0 aliphatic heterocycles. The molecule has 2 rings (SSSR count). The standard InChI is InChI=1S/C13H16F3N/c14-13(15,16)10-5-3-4-9(8-10)11-6-1-2-7-12(11)17/h1-2,6-7,9-10H,3-5,8,17H2. The van der Waals surface area contributed by atoms with Crippen LogP contribution in [0.3, 0.4) is 0 Å². The van der Waals surface area contributed by atoms with Crippen LogP contribution in [0.15, 0.2) is 24.3 Å². The highest BCUT2D eigenvalue weighted by Gasteiger charge is 2.42. The number of anilines is 1. The Morgan fingerprint density at radius 3 is 2.47 bits per heavy atom. The lowest BCUT2D eigenvalue weighted by Crippen LogP contribution is -2.28. The van der Waals surface area contributed by atoms with Crippen LogP contribution in [-0.2, 0) is 0 Å². The van der Waals surface area contributed by atoms with E-state index >= 15 is 0 Å². The molecule has 2 atom stereocenters. The van der Waals surface area contributed by atoms with E-state index < -0.39 is 12.1 Å². The molecule has 0 amide bonds. The number of hydrogen-bond donors (Lipinski definition) is 1. The average Bonchev–Trinajstić information content (AvgIpc) is 2.29. The summed E-state index contributed by atoms with van der Waals surface area (Å²) in [5.74, 6) is -1.21. The van der Waals surface area contributed by atoms with Gasteiger partial charge in [-0.15, -0.1) is 0 Å². The largest absolute Gasteiger partial charge is 0.398 e. The highest BCUT2D eigenvalue weighted by atomic mass is 19.4. The van der Waals surface area contributed by atoms with Crippen molar-refractivity contribution in [2.75, 3.05) is 5.73 Å². The minimum atomic E-state index is -4.07. The van der Waals surface area contributed by atoms with Crippen molar-refractivity contribution in [3.8, 4) is 0 Å². The van der Waals surface area contributed by atoms with Crippen molar-refractivity contribution in [2.45, 2.75) is 37.8 Å². The Kier molecular flexibility index (Phi) is 3.31. The van der Waals surface area contributed by atoms with Gasteiger partial charge in [0.05, 0.1) is 5.92 Å². The molecule has 1 aromatic carbocycles. The zero-order valence-electron chi connectivity index (χ0n) is 9.50. The minimum Gasteiger partial charge on any atom is -0.398 e. The summed E-state index contributed by atoms with van der Waals surface area (Å²) in [6.45, 7) is 0. The summed E-state index contributed by atoms with van der Waals surface area (Å²) in [5.41, 5.74) is 7.31. The van der Waals surface area contributed by atoms with Crippen LogP contribution in [-0.4, -0.2) is 6.18 Å². The number of halogens is 3. The second-order valence-corrected chi connectivity index (χ2v) is 4.73. The lowest BCUT2D eigenvalue weighted by molar-refractivity contribution is -0.183. The Morgan fingerprint density at radius 2 is 1.82 bits per heavy atom. The van der Waals surface area contributed by atoms with E-state index in [1.54, 1.807) is 6.07 Å². The summed E-state index contributed by atoms with van der Waals surface area (Å²) in [5, 5.41) is 0. The van der Waals surface area contributed by atoms with Gasteiger partial charge in [-0.25, -0.2) is 0 Å². The van der Waals surface area contributed by atoms with Gasteiger partial charge in [-0.05, 0) is 36.8 Å². The summed E-state index contributed by atoms with van der Waals surface area (Å²) in [6.07, 6.45) is -2.20. The molecule has 1 saturated carbocycles. The van der Waals surface area contributed by atoms with Gasteiger partial charge in [0.1, 0.15) is 0 Å². The van der Waals surface area contributed by atoms with Gasteiger partial charge < -0.3 is 5.73 Å². The first-order valence-electron chi connectivity index (χ1n) is 5.89. The van der Waals surface area contributed by atoms with E-state index in [1.807, 2.05) is 18.2 Å². The maximum absolute atomic E-state index is 12.7. The molecule has 0 aromatic heterocycles. The first-order valence-corrected chi connectivity index (χ1v) is 5.89. The number of benzene rings is 1. The topological polar surface area (TPSA) is 26.0 Å². The molecule has 0 heterocycles. The average molecular weight is 243 g/mol. The van der Waals surface area contributed by atoms with E-state index in [2.05, 4.69) is 0 Å². The van der Waals surface area contributed by atoms with Crippen molar-refractivity contribution in [3.05, 3.63) is 29.8 Å². The first-order chi connectivity index (χ1) is 7.98. The number of alkyl halides is 3. The Morgan fingerprint density at radius 1 is 1.12 bits per heavy atom. The SMILES string of the molecule is Nc1ccccc1C1CCCC(C(F)(F)F)C1. The summed E-state index contributed by atoms with van der Waals surface area (Å²) in [4.78, 5) is 0. The smallest absolute Gasteiger partial charge is 0.391 e. The van der Waals surface area contributed by atoms with Gasteiger partial charge >= 0.3 is 6.18 Å².